The molecule has 3 aromatic heterocycles. The molecule has 12 nitrogen and oxygen atoms in total. The minimum Gasteiger partial charge on any atom is -0.493 e. The molecule has 2 aromatic carbocycles. The molecule has 5 rings (SSSR count). The average molecular weight is 598 g/mol. The second-order valence-electron chi connectivity index (χ2n) is 9.32. The van der Waals surface area contributed by atoms with Crippen LogP contribution in [-0.4, -0.2) is 63.3 Å². The van der Waals surface area contributed by atoms with Gasteiger partial charge in [0.2, 0.25) is 5.75 Å². The van der Waals surface area contributed by atoms with Gasteiger partial charge >= 0.3 is 6.18 Å². The van der Waals surface area contributed by atoms with Gasteiger partial charge in [0.1, 0.15) is 17.4 Å². The summed E-state index contributed by atoms with van der Waals surface area (Å²) in [6.45, 7) is 0.269. The van der Waals surface area contributed by atoms with Gasteiger partial charge in [-0.3, -0.25) is 19.3 Å². The number of hydrogen-bond donors (Lipinski definition) is 2. The van der Waals surface area contributed by atoms with Crippen LogP contribution < -0.4 is 25.1 Å². The molecule has 0 fully saturated rings. The predicted molar refractivity (Wildman–Crippen MR) is 148 cm³/mol. The van der Waals surface area contributed by atoms with Crippen LogP contribution >= 0.6 is 0 Å². The molecule has 0 aliphatic heterocycles. The van der Waals surface area contributed by atoms with Crippen LogP contribution in [0.1, 0.15) is 21.6 Å². The summed E-state index contributed by atoms with van der Waals surface area (Å²) in [5.74, 6) is 0.887. The Bertz CT molecular complexity index is 1820. The molecule has 3 heterocycles. The molecule has 0 radical (unpaired) electrons. The minimum atomic E-state index is -4.49. The van der Waals surface area contributed by atoms with Gasteiger partial charge in [-0.15, -0.1) is 0 Å². The molecule has 15 heteroatoms. The van der Waals surface area contributed by atoms with Gasteiger partial charge in [-0.1, -0.05) is 12.1 Å². The van der Waals surface area contributed by atoms with Crippen LogP contribution in [0.25, 0.3) is 22.3 Å². The van der Waals surface area contributed by atoms with Crippen LogP contribution in [0, 0.1) is 0 Å². The number of amides is 1. The second-order valence-corrected chi connectivity index (χ2v) is 9.32. The molecular weight excluding hydrogens is 571 g/mol. The molecule has 43 heavy (non-hydrogen) atoms. The third-order valence-electron chi connectivity index (χ3n) is 6.62. The molecular formula is C28H26F3N7O5. The molecule has 0 atom stereocenters. The number of H-pyrrole nitrogens is 1. The van der Waals surface area contributed by atoms with Gasteiger partial charge in [0.15, 0.2) is 17.1 Å². The number of benzene rings is 2. The highest BCUT2D eigenvalue weighted by atomic mass is 19.4. The number of nitrogens with zero attached hydrogens (tertiary/aromatic N) is 5. The van der Waals surface area contributed by atoms with E-state index in [1.165, 1.54) is 55.2 Å². The molecule has 1 amide bonds. The number of aromatic amines is 1. The zero-order valence-corrected chi connectivity index (χ0v) is 23.2. The van der Waals surface area contributed by atoms with Crippen molar-refractivity contribution in [1.29, 1.82) is 0 Å². The van der Waals surface area contributed by atoms with E-state index >= 15 is 0 Å². The third kappa shape index (κ3) is 6.00. The highest BCUT2D eigenvalue weighted by Gasteiger charge is 2.30. The number of hydrogen-bond acceptors (Lipinski definition) is 8. The standard InChI is InChI=1S/C28H26F3N7O5/c1-41-22-10-17(11-23(42-2)24(22)43-3)20-12-21(36-35-20)26(39)32-7-8-38-25-19(13-34-38)27(40)37(15-33-25)14-16-5-4-6-18(9-16)28(29,30)31/h4-6,9-13,15H,7-8,14H2,1-3H3,(H,32,39)(H,35,36). The number of rotatable bonds is 10. The molecule has 0 unspecified atom stereocenters. The minimum absolute atomic E-state index is 0.0881. The zero-order chi connectivity index (χ0) is 30.7. The number of halogens is 3. The number of ether oxygens (including phenoxy) is 3. The molecule has 0 saturated carbocycles. The first kappa shape index (κ1) is 29.2. The summed E-state index contributed by atoms with van der Waals surface area (Å²) in [5.41, 5.74) is 0.672. The van der Waals surface area contributed by atoms with Crippen molar-refractivity contribution in [2.45, 2.75) is 19.3 Å². The summed E-state index contributed by atoms with van der Waals surface area (Å²) >= 11 is 0. The van der Waals surface area contributed by atoms with E-state index in [1.54, 1.807) is 18.2 Å². The first-order chi connectivity index (χ1) is 20.6. The summed E-state index contributed by atoms with van der Waals surface area (Å²) in [5, 5.41) is 14.1. The van der Waals surface area contributed by atoms with Gasteiger partial charge < -0.3 is 19.5 Å². The summed E-state index contributed by atoms with van der Waals surface area (Å²) in [6.07, 6.45) is -1.89. The Balaban J connectivity index is 1.25. The molecule has 224 valence electrons. The lowest BCUT2D eigenvalue weighted by molar-refractivity contribution is -0.137. The van der Waals surface area contributed by atoms with E-state index in [-0.39, 0.29) is 36.4 Å². The Morgan fingerprint density at radius 1 is 1.05 bits per heavy atom. The predicted octanol–water partition coefficient (Wildman–Crippen LogP) is 3.51. The van der Waals surface area contributed by atoms with Crippen molar-refractivity contribution in [3.63, 3.8) is 0 Å². The quantitative estimate of drug-likeness (QED) is 0.250. The van der Waals surface area contributed by atoms with Gasteiger partial charge in [-0.25, -0.2) is 9.67 Å². The topological polar surface area (TPSA) is 138 Å². The average Bonchev–Trinajstić information content (AvgIpc) is 3.66. The highest BCUT2D eigenvalue weighted by molar-refractivity contribution is 5.93. The Morgan fingerprint density at radius 2 is 1.79 bits per heavy atom. The Labute approximate surface area is 242 Å². The molecule has 5 aromatic rings. The van der Waals surface area contributed by atoms with Crippen molar-refractivity contribution in [2.75, 3.05) is 27.9 Å². The van der Waals surface area contributed by atoms with Gasteiger partial charge in [0.25, 0.3) is 11.5 Å². The van der Waals surface area contributed by atoms with Crippen molar-refractivity contribution >= 4 is 16.9 Å². The first-order valence-electron chi connectivity index (χ1n) is 12.8. The van der Waals surface area contributed by atoms with E-state index in [4.69, 9.17) is 14.2 Å². The van der Waals surface area contributed by atoms with E-state index in [9.17, 15) is 22.8 Å². The number of aromatic nitrogens is 6. The Morgan fingerprint density at radius 3 is 2.47 bits per heavy atom. The van der Waals surface area contributed by atoms with Crippen LogP contribution in [0.4, 0.5) is 13.2 Å². The third-order valence-corrected chi connectivity index (χ3v) is 6.62. The lowest BCUT2D eigenvalue weighted by Gasteiger charge is -2.13. The van der Waals surface area contributed by atoms with Gasteiger partial charge in [-0.2, -0.15) is 23.4 Å². The van der Waals surface area contributed by atoms with Gasteiger partial charge in [0.05, 0.1) is 51.9 Å². The number of fused-ring (bicyclic) bond motifs is 1. The number of alkyl halides is 3. The van der Waals surface area contributed by atoms with Crippen LogP contribution in [-0.2, 0) is 19.3 Å². The second kappa shape index (κ2) is 11.9. The van der Waals surface area contributed by atoms with Crippen LogP contribution in [0.5, 0.6) is 17.2 Å². The molecule has 0 spiro atoms. The fourth-order valence-electron chi connectivity index (χ4n) is 4.50. The van der Waals surface area contributed by atoms with Crippen LogP contribution in [0.15, 0.2) is 59.8 Å². The lowest BCUT2D eigenvalue weighted by Crippen LogP contribution is -2.28. The fourth-order valence-corrected chi connectivity index (χ4v) is 4.50. The normalized spacial score (nSPS) is 11.5. The maximum atomic E-state index is 13.1. The zero-order valence-electron chi connectivity index (χ0n) is 23.2. The smallest absolute Gasteiger partial charge is 0.416 e. The van der Waals surface area contributed by atoms with Crippen molar-refractivity contribution in [3.8, 4) is 28.5 Å². The van der Waals surface area contributed by atoms with Crippen LogP contribution in [0.2, 0.25) is 0 Å². The number of nitrogens with one attached hydrogen (secondary N) is 2. The molecule has 0 aliphatic carbocycles. The molecule has 0 aliphatic rings. The van der Waals surface area contributed by atoms with Gasteiger partial charge in [0, 0.05) is 12.1 Å². The van der Waals surface area contributed by atoms with E-state index in [0.717, 1.165) is 12.1 Å². The summed E-state index contributed by atoms with van der Waals surface area (Å²) in [4.78, 5) is 30.0. The van der Waals surface area contributed by atoms with E-state index in [1.807, 2.05) is 0 Å². The van der Waals surface area contributed by atoms with Gasteiger partial charge in [-0.05, 0) is 35.9 Å². The Kier molecular flexibility index (Phi) is 8.05. The summed E-state index contributed by atoms with van der Waals surface area (Å²) in [6, 6.07) is 9.76. The highest BCUT2D eigenvalue weighted by Crippen LogP contribution is 2.40. The van der Waals surface area contributed by atoms with Crippen molar-refractivity contribution in [1.82, 2.24) is 34.8 Å². The van der Waals surface area contributed by atoms with Crippen molar-refractivity contribution in [2.24, 2.45) is 0 Å². The van der Waals surface area contributed by atoms with E-state index < -0.39 is 23.2 Å². The largest absolute Gasteiger partial charge is 0.493 e. The molecule has 2 N–H and O–H groups in total. The Hall–Kier alpha value is -5.34. The first-order valence-corrected chi connectivity index (χ1v) is 12.8. The summed E-state index contributed by atoms with van der Waals surface area (Å²) < 4.78 is 57.9. The maximum Gasteiger partial charge on any atom is 0.416 e. The van der Waals surface area contributed by atoms with Crippen LogP contribution in [0.3, 0.4) is 0 Å². The summed E-state index contributed by atoms with van der Waals surface area (Å²) in [7, 11) is 4.50. The number of methoxy groups -OCH3 is 3. The van der Waals surface area contributed by atoms with Crippen molar-refractivity contribution in [3.05, 3.63) is 82.2 Å². The SMILES string of the molecule is COc1cc(-c2cc(C(=O)NCCn3ncc4c(=O)n(Cc5cccc(C(F)(F)F)c5)cnc43)[nH]n2)cc(OC)c1OC. The number of carbonyl (C=O) groups excluding carboxylic acids is 1. The number of carbonyl (C=O) groups is 1. The van der Waals surface area contributed by atoms with Crippen molar-refractivity contribution < 1.29 is 32.2 Å². The van der Waals surface area contributed by atoms with E-state index in [0.29, 0.717) is 34.1 Å². The van der Waals surface area contributed by atoms with E-state index in [2.05, 4.69) is 25.6 Å². The monoisotopic (exact) mass is 597 g/mol. The lowest BCUT2D eigenvalue weighted by atomic mass is 10.1. The molecule has 0 saturated heterocycles. The molecule has 0 bridgehead atoms. The fraction of sp³-hybridized carbons (Fsp3) is 0.250. The maximum absolute atomic E-state index is 13.1.